The van der Waals surface area contributed by atoms with Crippen LogP contribution in [0.4, 0.5) is 13.2 Å². The number of nitrogens with one attached hydrogen (secondary N) is 1. The number of hydrogen-bond donors (Lipinski definition) is 1. The molecule has 1 aromatic rings. The van der Waals surface area contributed by atoms with E-state index in [4.69, 9.17) is 0 Å². The van der Waals surface area contributed by atoms with Crippen molar-refractivity contribution in [3.8, 4) is 5.75 Å². The maximum atomic E-state index is 12.1. The summed E-state index contributed by atoms with van der Waals surface area (Å²) < 4.78 is 40.3. The van der Waals surface area contributed by atoms with E-state index in [9.17, 15) is 13.2 Å². The Morgan fingerprint density at radius 1 is 1.14 bits per heavy atom. The fourth-order valence-electron chi connectivity index (χ4n) is 2.14. The molecule has 0 radical (unpaired) electrons. The minimum absolute atomic E-state index is 0.145. The molecule has 1 aliphatic heterocycles. The molecule has 0 bridgehead atoms. The molecule has 1 fully saturated rings. The van der Waals surface area contributed by atoms with Crippen LogP contribution in [0.3, 0.4) is 0 Å². The number of benzene rings is 1. The van der Waals surface area contributed by atoms with Crippen molar-refractivity contribution in [1.82, 2.24) is 5.32 Å². The molecule has 2 nitrogen and oxygen atoms in total. The van der Waals surface area contributed by atoms with Gasteiger partial charge in [-0.2, -0.15) is 0 Å². The second-order valence-corrected chi connectivity index (χ2v) is 4.22. The third-order valence-corrected chi connectivity index (χ3v) is 2.92. The molecule has 1 aromatic carbocycles. The van der Waals surface area contributed by atoms with Crippen LogP contribution in [0.2, 0.25) is 0 Å². The highest BCUT2D eigenvalue weighted by Gasteiger charge is 2.31. The van der Waals surface area contributed by atoms with Crippen LogP contribution < -0.4 is 10.1 Å². The first kappa shape index (κ1) is 19.8. The molecule has 1 atom stereocenters. The van der Waals surface area contributed by atoms with Crippen LogP contribution in [-0.4, -0.2) is 12.9 Å². The van der Waals surface area contributed by atoms with Gasteiger partial charge in [-0.25, -0.2) is 0 Å². The van der Waals surface area contributed by atoms with E-state index in [1.165, 1.54) is 12.1 Å². The maximum absolute atomic E-state index is 12.1. The summed E-state index contributed by atoms with van der Waals surface area (Å²) in [5.41, 5.74) is 1.88. The highest BCUT2D eigenvalue weighted by atomic mass is 19.4. The largest absolute Gasteiger partial charge is 0.573 e. The number of aryl methyl sites for hydroxylation is 1. The number of alkyl halides is 3. The van der Waals surface area contributed by atoms with E-state index in [1.54, 1.807) is 6.07 Å². The van der Waals surface area contributed by atoms with E-state index in [0.717, 1.165) is 30.5 Å². The Bertz CT molecular complexity index is 399. The molecule has 5 heteroatoms. The Hall–Kier alpha value is -1.23. The number of hydrogen-bond acceptors (Lipinski definition) is 2. The molecule has 1 aliphatic rings. The van der Waals surface area contributed by atoms with Crippen molar-refractivity contribution in [3.05, 3.63) is 29.3 Å². The molecule has 1 saturated heterocycles. The molecule has 122 valence electrons. The summed E-state index contributed by atoms with van der Waals surface area (Å²) in [6, 6.07) is 4.63. The topological polar surface area (TPSA) is 21.3 Å². The van der Waals surface area contributed by atoms with Crippen molar-refractivity contribution < 1.29 is 17.9 Å². The van der Waals surface area contributed by atoms with Gasteiger partial charge in [0.15, 0.2) is 0 Å². The lowest BCUT2D eigenvalue weighted by Crippen LogP contribution is -2.18. The van der Waals surface area contributed by atoms with Gasteiger partial charge in [0, 0.05) is 6.04 Å². The molecule has 0 aliphatic carbocycles. The fourth-order valence-corrected chi connectivity index (χ4v) is 2.14. The highest BCUT2D eigenvalue weighted by Crippen LogP contribution is 2.31. The van der Waals surface area contributed by atoms with Crippen molar-refractivity contribution in [3.63, 3.8) is 0 Å². The van der Waals surface area contributed by atoms with E-state index in [0.29, 0.717) is 0 Å². The summed E-state index contributed by atoms with van der Waals surface area (Å²) in [6.45, 7) is 10.8. The summed E-state index contributed by atoms with van der Waals surface area (Å²) in [7, 11) is 0. The van der Waals surface area contributed by atoms with Crippen molar-refractivity contribution in [2.24, 2.45) is 0 Å². The Morgan fingerprint density at radius 3 is 2.24 bits per heavy atom. The van der Waals surface area contributed by atoms with Crippen molar-refractivity contribution >= 4 is 0 Å². The summed E-state index contributed by atoms with van der Waals surface area (Å²) in [4.78, 5) is 0. The summed E-state index contributed by atoms with van der Waals surface area (Å²) in [5, 5.41) is 3.27. The Labute approximate surface area is 125 Å². The smallest absolute Gasteiger partial charge is 0.406 e. The second kappa shape index (κ2) is 9.66. The first-order chi connectivity index (χ1) is 9.96. The van der Waals surface area contributed by atoms with Gasteiger partial charge in [0.1, 0.15) is 5.75 Å². The van der Waals surface area contributed by atoms with Crippen LogP contribution in [0.1, 0.15) is 57.7 Å². The minimum atomic E-state index is -4.63. The van der Waals surface area contributed by atoms with Gasteiger partial charge in [-0.15, -0.1) is 13.2 Å². The second-order valence-electron chi connectivity index (χ2n) is 4.22. The summed E-state index contributed by atoms with van der Waals surface area (Å²) >= 11 is 0. The zero-order valence-corrected chi connectivity index (χ0v) is 13.5. The molecular formula is C16H26F3NO. The van der Waals surface area contributed by atoms with E-state index in [-0.39, 0.29) is 11.8 Å². The molecule has 0 amide bonds. The van der Waals surface area contributed by atoms with Gasteiger partial charge in [-0.3, -0.25) is 0 Å². The lowest BCUT2D eigenvalue weighted by atomic mass is 10.00. The first-order valence-corrected chi connectivity index (χ1v) is 7.55. The Morgan fingerprint density at radius 2 is 1.76 bits per heavy atom. The standard InChI is InChI=1S/C12H14F3NO.2C2H6/c1-8-4-5-9(17-12(13,14)15)7-10(8)11-3-2-6-16-11;2*1-2/h4-5,7,11,16H,2-3,6H2,1H3;2*1-2H3. The molecule has 1 unspecified atom stereocenters. The third kappa shape index (κ3) is 6.85. The molecule has 0 saturated carbocycles. The SMILES string of the molecule is CC.CC.Cc1ccc(OC(F)(F)F)cc1C1CCCN1. The van der Waals surface area contributed by atoms with Gasteiger partial charge in [0.25, 0.3) is 0 Å². The zero-order valence-electron chi connectivity index (χ0n) is 13.5. The van der Waals surface area contributed by atoms with E-state index in [1.807, 2.05) is 34.6 Å². The predicted octanol–water partition coefficient (Wildman–Crippen LogP) is 5.37. The zero-order chi connectivity index (χ0) is 16.5. The van der Waals surface area contributed by atoms with Gasteiger partial charge in [0.2, 0.25) is 0 Å². The first-order valence-electron chi connectivity index (χ1n) is 7.55. The molecule has 0 aromatic heterocycles. The van der Waals surface area contributed by atoms with E-state index in [2.05, 4.69) is 10.1 Å². The van der Waals surface area contributed by atoms with E-state index >= 15 is 0 Å². The molecule has 21 heavy (non-hydrogen) atoms. The van der Waals surface area contributed by atoms with Gasteiger partial charge >= 0.3 is 6.36 Å². The molecular weight excluding hydrogens is 279 g/mol. The average molecular weight is 305 g/mol. The fraction of sp³-hybridized carbons (Fsp3) is 0.625. The Balaban J connectivity index is 0.000000921. The van der Waals surface area contributed by atoms with Crippen LogP contribution in [0.15, 0.2) is 18.2 Å². The van der Waals surface area contributed by atoms with Crippen molar-refractivity contribution in [2.75, 3.05) is 6.54 Å². The number of rotatable bonds is 2. The van der Waals surface area contributed by atoms with Crippen LogP contribution in [0.5, 0.6) is 5.75 Å². The van der Waals surface area contributed by atoms with E-state index < -0.39 is 6.36 Å². The average Bonchev–Trinajstić information content (AvgIpc) is 2.98. The van der Waals surface area contributed by atoms with Gasteiger partial charge in [-0.05, 0) is 49.6 Å². The molecule has 1 N–H and O–H groups in total. The lowest BCUT2D eigenvalue weighted by Gasteiger charge is -2.16. The lowest BCUT2D eigenvalue weighted by molar-refractivity contribution is -0.274. The van der Waals surface area contributed by atoms with Crippen LogP contribution in [-0.2, 0) is 0 Å². The van der Waals surface area contributed by atoms with Crippen LogP contribution in [0, 0.1) is 6.92 Å². The molecule has 1 heterocycles. The summed E-state index contributed by atoms with van der Waals surface area (Å²) in [6.07, 6.45) is -2.62. The number of ether oxygens (including phenoxy) is 1. The molecule has 2 rings (SSSR count). The molecule has 0 spiro atoms. The maximum Gasteiger partial charge on any atom is 0.573 e. The van der Waals surface area contributed by atoms with Crippen molar-refractivity contribution in [1.29, 1.82) is 0 Å². The van der Waals surface area contributed by atoms with Crippen LogP contribution >= 0.6 is 0 Å². The van der Waals surface area contributed by atoms with Gasteiger partial charge in [0.05, 0.1) is 0 Å². The summed E-state index contributed by atoms with van der Waals surface area (Å²) in [5.74, 6) is -0.146. The highest BCUT2D eigenvalue weighted by molar-refractivity contribution is 5.37. The third-order valence-electron chi connectivity index (χ3n) is 2.92. The minimum Gasteiger partial charge on any atom is -0.406 e. The Kier molecular flexibility index (Phi) is 9.09. The van der Waals surface area contributed by atoms with Crippen molar-refractivity contribution in [2.45, 2.75) is 59.9 Å². The van der Waals surface area contributed by atoms with Crippen LogP contribution in [0.25, 0.3) is 0 Å². The predicted molar refractivity (Wildman–Crippen MR) is 80.5 cm³/mol. The van der Waals surface area contributed by atoms with Gasteiger partial charge < -0.3 is 10.1 Å². The van der Waals surface area contributed by atoms with Gasteiger partial charge in [-0.1, -0.05) is 33.8 Å². The normalized spacial score (nSPS) is 17.2. The monoisotopic (exact) mass is 305 g/mol. The quantitative estimate of drug-likeness (QED) is 0.793. The number of halogens is 3.